The van der Waals surface area contributed by atoms with Crippen molar-refractivity contribution in [3.63, 3.8) is 0 Å². The summed E-state index contributed by atoms with van der Waals surface area (Å²) >= 11 is 0. The van der Waals surface area contributed by atoms with Crippen LogP contribution in [0.25, 0.3) is 134 Å². The third kappa shape index (κ3) is 15.8. The summed E-state index contributed by atoms with van der Waals surface area (Å²) in [6.45, 7) is 4.99. The van der Waals surface area contributed by atoms with Crippen molar-refractivity contribution in [3.8, 4) is 106 Å². The van der Waals surface area contributed by atoms with Crippen LogP contribution in [0.2, 0.25) is 0 Å². The summed E-state index contributed by atoms with van der Waals surface area (Å²) in [4.78, 5) is 16.2. The Morgan fingerprint density at radius 3 is 1.48 bits per heavy atom. The van der Waals surface area contributed by atoms with Crippen LogP contribution in [0.5, 0.6) is 0 Å². The van der Waals surface area contributed by atoms with Crippen LogP contribution in [0.15, 0.2) is 481 Å². The van der Waals surface area contributed by atoms with Crippen LogP contribution < -0.4 is 0 Å². The van der Waals surface area contributed by atoms with Crippen molar-refractivity contribution >= 4 is 27.4 Å². The second-order valence-electron chi connectivity index (χ2n) is 37.6. The molecule has 636 valence electrons. The monoisotopic (exact) mass is 1700 g/mol. The first-order valence-corrected chi connectivity index (χ1v) is 47.7. The molecule has 132 heavy (non-hydrogen) atoms. The van der Waals surface area contributed by atoms with Crippen LogP contribution in [0, 0.1) is 11.8 Å². The second kappa shape index (κ2) is 35.1. The molecule has 0 spiro atoms. The minimum absolute atomic E-state index is 0.0111. The van der Waals surface area contributed by atoms with Gasteiger partial charge in [-0.15, -0.1) is 0 Å². The van der Waals surface area contributed by atoms with E-state index in [2.05, 4.69) is 449 Å². The van der Waals surface area contributed by atoms with Gasteiger partial charge in [-0.3, -0.25) is 4.57 Å². The fraction of sp³-hybridized carbons (Fsp3) is 0.148. The zero-order chi connectivity index (χ0) is 88.1. The molecule has 0 radical (unpaired) electrons. The van der Waals surface area contributed by atoms with Crippen LogP contribution in [-0.2, 0) is 10.8 Å². The van der Waals surface area contributed by atoms with Gasteiger partial charge in [-0.2, -0.15) is 9.97 Å². The molecule has 4 nitrogen and oxygen atoms in total. The minimum Gasteiger partial charge on any atom is -0.278 e. The Bertz CT molecular complexity index is 7430. The van der Waals surface area contributed by atoms with Gasteiger partial charge in [0.1, 0.15) is 5.82 Å². The fourth-order valence-electron chi connectivity index (χ4n) is 22.3. The van der Waals surface area contributed by atoms with Crippen molar-refractivity contribution in [2.45, 2.75) is 108 Å². The number of hydrogen-bond acceptors (Lipinski definition) is 3. The lowest BCUT2D eigenvalue weighted by Crippen LogP contribution is -2.33. The van der Waals surface area contributed by atoms with Gasteiger partial charge in [0, 0.05) is 33.1 Å². The number of fused-ring (bicyclic) bond motifs is 5. The molecular weight excluding hydrogens is 1590 g/mol. The fourth-order valence-corrected chi connectivity index (χ4v) is 22.3. The summed E-state index contributed by atoms with van der Waals surface area (Å²) in [6.07, 6.45) is 55.1. The normalized spacial score (nSPS) is 18.3. The standard InChI is InChI=1S/C128H104N4/c1-127(2)120-82-115(66-67-116(120)118-83-119-117-60-27-28-61-122(117)132(123(119)84-121(118)127)126-130-124(94-47-23-9-24-48-94)129-125(131-126)95-49-25-10-26-50-95)128(113-64-62-93(63-65-113)97-52-30-55-100(69-97)110-75-104(87-35-11-3-12-36-87)72-105(76-110)88-37-13-4-14-38-88,114-59-33-58-103(81-114)99-54-32-57-102(71-99)112-79-108(91-43-19-7-20-44-91)74-109(80-112)92-45-21-8-22-46-92)85-86-34-29-51-96(68-86)98-53-31-56-101(70-98)111-77-106(89-39-15-5-16-40-89)73-107(78-111)90-41-17-6-18-42-90/h3-5,7-17,19-28,30,32-33,35-39,41-49,51-55,57-65,68-76,78-84,89,95,106H,6,18,29,31,34,40,50,56,66-67,77,85H2,1-2H3. The smallest absolute Gasteiger partial charge is 0.238 e. The SMILES string of the molecule is CC1(C)C2=C(CCC(C(CC3=CC(C4=CCCC(C5=CC(C6=CCCC=C6)=CC(C6C=CC=CC6)C5)=C4)=CCC3)(c3ccc(-c4cccc(-c5cc(-c6ccccc6)cc(-c6ccccc6)c5)c4)cc3)c3cccc(-c4cccc(-c5cc(-c6ccccc6)cc(-c6ccccc6)c5)c4)c3)=C2)c2cc3c4ccccc4n(-c4nc(-c5ccccc5)nc(C5C=CC=CC5)n4)c3cc21. The van der Waals surface area contributed by atoms with Gasteiger partial charge >= 0.3 is 0 Å². The van der Waals surface area contributed by atoms with E-state index in [1.165, 1.54) is 178 Å². The van der Waals surface area contributed by atoms with Crippen molar-refractivity contribution in [1.29, 1.82) is 0 Å². The highest BCUT2D eigenvalue weighted by Crippen LogP contribution is 2.58. The lowest BCUT2D eigenvalue weighted by atomic mass is 9.61. The molecule has 4 heteroatoms. The van der Waals surface area contributed by atoms with Crippen molar-refractivity contribution in [2.24, 2.45) is 11.8 Å². The van der Waals surface area contributed by atoms with Crippen molar-refractivity contribution in [3.05, 3.63) is 509 Å². The van der Waals surface area contributed by atoms with E-state index in [0.717, 1.165) is 99.5 Å². The number of allylic oxidation sites excluding steroid dienone is 28. The van der Waals surface area contributed by atoms with Crippen LogP contribution in [0.1, 0.15) is 125 Å². The molecule has 0 saturated carbocycles. The molecule has 13 aromatic carbocycles. The third-order valence-electron chi connectivity index (χ3n) is 29.2. The Labute approximate surface area is 776 Å². The van der Waals surface area contributed by atoms with Gasteiger partial charge in [-0.05, 0) is 318 Å². The Balaban J connectivity index is 0.697. The molecule has 8 aliphatic rings. The summed E-state index contributed by atoms with van der Waals surface area (Å²) < 4.78 is 2.33. The lowest BCUT2D eigenvalue weighted by Gasteiger charge is -2.42. The molecule has 8 aliphatic carbocycles. The molecule has 0 amide bonds. The molecular formula is C128H104N4. The van der Waals surface area contributed by atoms with Gasteiger partial charge in [-0.25, -0.2) is 4.98 Å². The highest BCUT2D eigenvalue weighted by Gasteiger charge is 2.46. The maximum absolute atomic E-state index is 5.50. The number of para-hydroxylation sites is 1. The van der Waals surface area contributed by atoms with E-state index in [1.54, 1.807) is 0 Å². The molecule has 0 bridgehead atoms. The summed E-state index contributed by atoms with van der Waals surface area (Å²) in [5.74, 6) is 2.98. The molecule has 23 rings (SSSR count). The van der Waals surface area contributed by atoms with E-state index in [0.29, 0.717) is 23.6 Å². The molecule has 0 aliphatic heterocycles. The van der Waals surface area contributed by atoms with Crippen molar-refractivity contribution < 1.29 is 0 Å². The molecule has 4 unspecified atom stereocenters. The Morgan fingerprint density at radius 2 is 0.879 bits per heavy atom. The van der Waals surface area contributed by atoms with Gasteiger partial charge in [0.2, 0.25) is 5.95 Å². The van der Waals surface area contributed by atoms with Crippen LogP contribution >= 0.6 is 0 Å². The average molecular weight is 1700 g/mol. The van der Waals surface area contributed by atoms with Crippen LogP contribution in [0.3, 0.4) is 0 Å². The molecule has 2 aromatic heterocycles. The summed E-state index contributed by atoms with van der Waals surface area (Å²) in [6, 6.07) is 120. The van der Waals surface area contributed by atoms with Crippen molar-refractivity contribution in [1.82, 2.24) is 19.5 Å². The summed E-state index contributed by atoms with van der Waals surface area (Å²) in [5.41, 5.74) is 40.4. The molecule has 0 fully saturated rings. The zero-order valence-electron chi connectivity index (χ0n) is 75.0. The Hall–Kier alpha value is -15.0. The lowest BCUT2D eigenvalue weighted by molar-refractivity contribution is 0.467. The Morgan fingerprint density at radius 1 is 0.356 bits per heavy atom. The third-order valence-corrected chi connectivity index (χ3v) is 29.2. The van der Waals surface area contributed by atoms with E-state index in [4.69, 9.17) is 15.0 Å². The summed E-state index contributed by atoms with van der Waals surface area (Å²) in [5, 5.41) is 2.37. The predicted molar refractivity (Wildman–Crippen MR) is 552 cm³/mol. The van der Waals surface area contributed by atoms with Gasteiger partial charge in [0.15, 0.2) is 5.82 Å². The minimum atomic E-state index is -0.683. The van der Waals surface area contributed by atoms with E-state index >= 15 is 0 Å². The number of benzene rings is 13. The molecule has 4 atom stereocenters. The van der Waals surface area contributed by atoms with E-state index in [9.17, 15) is 0 Å². The first-order chi connectivity index (χ1) is 65.1. The second-order valence-corrected chi connectivity index (χ2v) is 37.6. The predicted octanol–water partition coefficient (Wildman–Crippen LogP) is 33.3. The number of hydrogen-bond donors (Lipinski definition) is 0. The molecule has 15 aromatic rings. The molecule has 2 heterocycles. The first kappa shape index (κ1) is 81.5. The largest absolute Gasteiger partial charge is 0.278 e. The first-order valence-electron chi connectivity index (χ1n) is 47.7. The van der Waals surface area contributed by atoms with E-state index in [1.807, 2.05) is 0 Å². The molecule has 0 saturated heterocycles. The average Bonchev–Trinajstić information content (AvgIpc) is 1.56. The van der Waals surface area contributed by atoms with E-state index in [-0.39, 0.29) is 5.92 Å². The highest BCUT2D eigenvalue weighted by atomic mass is 15.2. The number of rotatable bonds is 20. The van der Waals surface area contributed by atoms with Gasteiger partial charge in [-0.1, -0.05) is 383 Å². The topological polar surface area (TPSA) is 43.6 Å². The van der Waals surface area contributed by atoms with Gasteiger partial charge in [0.05, 0.1) is 11.0 Å². The van der Waals surface area contributed by atoms with Crippen molar-refractivity contribution in [2.75, 3.05) is 0 Å². The maximum Gasteiger partial charge on any atom is 0.238 e. The van der Waals surface area contributed by atoms with Crippen LogP contribution in [0.4, 0.5) is 0 Å². The van der Waals surface area contributed by atoms with Gasteiger partial charge in [0.25, 0.3) is 0 Å². The number of nitrogens with zero attached hydrogens (tertiary/aromatic N) is 4. The zero-order valence-corrected chi connectivity index (χ0v) is 75.0. The quantitative estimate of drug-likeness (QED) is 0.0764. The Kier molecular flexibility index (Phi) is 21.7. The van der Waals surface area contributed by atoms with E-state index < -0.39 is 10.8 Å². The highest BCUT2D eigenvalue weighted by molar-refractivity contribution is 6.11. The summed E-state index contributed by atoms with van der Waals surface area (Å²) in [7, 11) is 0. The molecule has 0 N–H and O–H groups in total. The van der Waals surface area contributed by atoms with Crippen LogP contribution in [-0.4, -0.2) is 19.5 Å². The van der Waals surface area contributed by atoms with Gasteiger partial charge < -0.3 is 0 Å². The maximum atomic E-state index is 5.50. The number of aromatic nitrogens is 4.